The molecule has 330 valence electrons. The fourth-order valence-electron chi connectivity index (χ4n) is 8.26. The molecule has 0 bridgehead atoms. The Kier molecular flexibility index (Phi) is 15.2. The van der Waals surface area contributed by atoms with E-state index in [0.717, 1.165) is 60.2 Å². The number of aliphatic hydroxyl groups excluding tert-OH is 1. The number of ether oxygens (including phenoxy) is 2. The number of halogens is 3. The van der Waals surface area contributed by atoms with Crippen molar-refractivity contribution in [2.24, 2.45) is 0 Å². The summed E-state index contributed by atoms with van der Waals surface area (Å²) in [7, 11) is 0. The topological polar surface area (TPSA) is 142 Å². The number of alkyl halides is 3. The number of carbonyl (C=O) groups is 3. The van der Waals surface area contributed by atoms with Gasteiger partial charge in [-0.25, -0.2) is 0 Å². The van der Waals surface area contributed by atoms with Gasteiger partial charge in [-0.15, -0.1) is 0 Å². The lowest BCUT2D eigenvalue weighted by molar-refractivity contribution is -0.137. The van der Waals surface area contributed by atoms with Gasteiger partial charge in [-0.1, -0.05) is 55.7 Å². The quantitative estimate of drug-likeness (QED) is 0.0645. The van der Waals surface area contributed by atoms with E-state index in [-0.39, 0.29) is 37.1 Å². The Morgan fingerprint density at radius 2 is 1.52 bits per heavy atom. The fraction of sp³-hybridized carbons (Fsp3) is 0.347. The molecule has 1 saturated carbocycles. The summed E-state index contributed by atoms with van der Waals surface area (Å²) in [6.45, 7) is 2.80. The van der Waals surface area contributed by atoms with Crippen molar-refractivity contribution in [3.8, 4) is 11.3 Å². The third kappa shape index (κ3) is 11.9. The van der Waals surface area contributed by atoms with Crippen molar-refractivity contribution < 1.29 is 42.1 Å². The molecular weight excluding hydrogens is 812 g/mol. The average molecular weight is 864 g/mol. The van der Waals surface area contributed by atoms with Crippen molar-refractivity contribution in [3.05, 3.63) is 148 Å². The maximum Gasteiger partial charge on any atom is 0.416 e. The van der Waals surface area contributed by atoms with Crippen molar-refractivity contribution in [2.75, 3.05) is 56.3 Å². The first kappa shape index (κ1) is 44.9. The normalized spacial score (nSPS) is 14.0. The number of fused-ring (bicyclic) bond motifs is 1. The minimum atomic E-state index is -4.49. The van der Waals surface area contributed by atoms with Crippen LogP contribution in [0.3, 0.4) is 0 Å². The van der Waals surface area contributed by atoms with Gasteiger partial charge in [-0.05, 0) is 108 Å². The lowest BCUT2D eigenvalue weighted by Crippen LogP contribution is -2.28. The molecule has 0 unspecified atom stereocenters. The van der Waals surface area contributed by atoms with Crippen molar-refractivity contribution in [1.29, 1.82) is 0 Å². The molecule has 1 aliphatic carbocycles. The largest absolute Gasteiger partial charge is 0.416 e. The maximum absolute atomic E-state index is 14.0. The standard InChI is InChI=1S/C49H52F3N5O6/c50-49(51,52)39-12-5-7-33(28-39)31-55-46(59)38-17-19-53-44(30-38)42-29-36(35-9-2-1-3-10-35)15-16-43(42)56-47(60)37-11-4-8-34(27-37)32-57-21-18-40-41(13-6-14-45(40)57)48(61)54-20-23-62-25-26-63-24-22-58/h4-8,11-17,19,27-30,35,58H,1-3,9-10,18,20-26,31-32H2,(H,54,61)(H,55,59)(H,56,60). The first-order valence-corrected chi connectivity index (χ1v) is 21.4. The van der Waals surface area contributed by atoms with Crippen molar-refractivity contribution in [1.82, 2.24) is 15.6 Å². The number of nitrogens with one attached hydrogen (secondary N) is 3. The number of benzene rings is 4. The number of hydrogen-bond acceptors (Lipinski definition) is 8. The zero-order valence-corrected chi connectivity index (χ0v) is 35.0. The molecular formula is C49H52F3N5O6. The Morgan fingerprint density at radius 3 is 2.33 bits per heavy atom. The molecule has 3 amide bonds. The molecule has 0 atom stereocenters. The van der Waals surface area contributed by atoms with Gasteiger partial charge in [-0.2, -0.15) is 13.2 Å². The Bertz CT molecular complexity index is 2380. The van der Waals surface area contributed by atoms with E-state index in [1.54, 1.807) is 18.2 Å². The van der Waals surface area contributed by atoms with E-state index in [9.17, 15) is 27.6 Å². The van der Waals surface area contributed by atoms with Gasteiger partial charge in [0.2, 0.25) is 0 Å². The summed E-state index contributed by atoms with van der Waals surface area (Å²) < 4.78 is 50.5. The molecule has 7 rings (SSSR count). The zero-order chi connectivity index (χ0) is 44.2. The number of nitrogens with zero attached hydrogens (tertiary/aromatic N) is 2. The second kappa shape index (κ2) is 21.3. The first-order valence-electron chi connectivity index (χ1n) is 21.4. The Hall–Kier alpha value is -6.09. The van der Waals surface area contributed by atoms with Crippen molar-refractivity contribution in [2.45, 2.75) is 63.7 Å². The molecule has 5 aromatic rings. The predicted molar refractivity (Wildman–Crippen MR) is 235 cm³/mol. The molecule has 63 heavy (non-hydrogen) atoms. The smallest absolute Gasteiger partial charge is 0.394 e. The molecule has 4 N–H and O–H groups in total. The van der Waals surface area contributed by atoms with Gasteiger partial charge in [0, 0.05) is 60.3 Å². The number of pyridine rings is 1. The minimum absolute atomic E-state index is 0.0401. The molecule has 2 aliphatic rings. The van der Waals surface area contributed by atoms with Gasteiger partial charge in [0.25, 0.3) is 17.7 Å². The molecule has 2 heterocycles. The van der Waals surface area contributed by atoms with E-state index in [1.807, 2.05) is 54.6 Å². The van der Waals surface area contributed by atoms with Crippen LogP contribution in [0.25, 0.3) is 11.3 Å². The molecule has 4 aromatic carbocycles. The first-order chi connectivity index (χ1) is 30.6. The number of amides is 3. The second-order valence-electron chi connectivity index (χ2n) is 15.8. The molecule has 1 aliphatic heterocycles. The molecule has 0 radical (unpaired) electrons. The van der Waals surface area contributed by atoms with Gasteiger partial charge in [0.1, 0.15) is 0 Å². The van der Waals surface area contributed by atoms with E-state index < -0.39 is 17.6 Å². The van der Waals surface area contributed by atoms with Crippen LogP contribution < -0.4 is 20.9 Å². The summed E-state index contributed by atoms with van der Waals surface area (Å²) in [6, 6.07) is 27.2. The summed E-state index contributed by atoms with van der Waals surface area (Å²) >= 11 is 0. The lowest BCUT2D eigenvalue weighted by Gasteiger charge is -2.23. The van der Waals surface area contributed by atoms with Crippen LogP contribution in [0, 0.1) is 0 Å². The van der Waals surface area contributed by atoms with Gasteiger partial charge in [0.05, 0.1) is 50.0 Å². The minimum Gasteiger partial charge on any atom is -0.394 e. The van der Waals surface area contributed by atoms with Crippen LogP contribution in [0.4, 0.5) is 24.5 Å². The number of hydrogen-bond donors (Lipinski definition) is 4. The monoisotopic (exact) mass is 863 g/mol. The van der Waals surface area contributed by atoms with Crippen LogP contribution in [0.1, 0.15) is 96.9 Å². The summed E-state index contributed by atoms with van der Waals surface area (Å²) in [6.07, 6.45) is 3.29. The number of aromatic nitrogens is 1. The molecule has 1 fully saturated rings. The highest BCUT2D eigenvalue weighted by Crippen LogP contribution is 2.38. The van der Waals surface area contributed by atoms with Crippen LogP contribution in [0.5, 0.6) is 0 Å². The van der Waals surface area contributed by atoms with E-state index in [0.29, 0.717) is 85.4 Å². The summed E-state index contributed by atoms with van der Waals surface area (Å²) in [5.74, 6) is -0.604. The van der Waals surface area contributed by atoms with E-state index in [2.05, 4.69) is 25.8 Å². The molecule has 14 heteroatoms. The summed E-state index contributed by atoms with van der Waals surface area (Å²) in [4.78, 5) is 47.3. The highest BCUT2D eigenvalue weighted by molar-refractivity contribution is 6.06. The fourth-order valence-corrected chi connectivity index (χ4v) is 8.26. The Labute approximate surface area is 365 Å². The average Bonchev–Trinajstić information content (AvgIpc) is 3.71. The van der Waals surface area contributed by atoms with Gasteiger partial charge < -0.3 is 35.4 Å². The Morgan fingerprint density at radius 1 is 0.762 bits per heavy atom. The molecule has 11 nitrogen and oxygen atoms in total. The summed E-state index contributed by atoms with van der Waals surface area (Å²) in [5, 5.41) is 17.6. The van der Waals surface area contributed by atoms with Gasteiger partial charge >= 0.3 is 6.18 Å². The van der Waals surface area contributed by atoms with Crippen LogP contribution in [-0.2, 0) is 35.2 Å². The lowest BCUT2D eigenvalue weighted by atomic mass is 9.83. The third-order valence-corrected chi connectivity index (χ3v) is 11.4. The van der Waals surface area contributed by atoms with Crippen molar-refractivity contribution >= 4 is 29.1 Å². The molecule has 0 spiro atoms. The van der Waals surface area contributed by atoms with Crippen LogP contribution in [0.15, 0.2) is 103 Å². The van der Waals surface area contributed by atoms with E-state index in [1.165, 1.54) is 24.8 Å². The highest BCUT2D eigenvalue weighted by atomic mass is 19.4. The van der Waals surface area contributed by atoms with Gasteiger partial charge in [0.15, 0.2) is 0 Å². The molecule has 1 aromatic heterocycles. The zero-order valence-electron chi connectivity index (χ0n) is 35.0. The number of aliphatic hydroxyl groups is 1. The van der Waals surface area contributed by atoms with Crippen LogP contribution >= 0.6 is 0 Å². The van der Waals surface area contributed by atoms with Crippen molar-refractivity contribution in [3.63, 3.8) is 0 Å². The number of rotatable bonds is 18. The second-order valence-corrected chi connectivity index (χ2v) is 15.8. The maximum atomic E-state index is 14.0. The van der Waals surface area contributed by atoms with E-state index >= 15 is 0 Å². The Balaban J connectivity index is 1.04. The van der Waals surface area contributed by atoms with Gasteiger partial charge in [-0.3, -0.25) is 19.4 Å². The number of anilines is 2. The van der Waals surface area contributed by atoms with Crippen LogP contribution in [-0.4, -0.2) is 73.9 Å². The SMILES string of the molecule is O=C(NCc1cccc(C(F)(F)F)c1)c1ccnc(-c2cc(C3CCCCC3)ccc2NC(=O)c2cccc(CN3CCc4c(C(=O)NCCOCCOCCO)cccc43)c2)c1. The third-order valence-electron chi connectivity index (χ3n) is 11.4. The highest BCUT2D eigenvalue weighted by Gasteiger charge is 2.30. The summed E-state index contributed by atoms with van der Waals surface area (Å²) in [5.41, 5.74) is 6.52. The van der Waals surface area contributed by atoms with E-state index in [4.69, 9.17) is 14.6 Å². The number of carbonyl (C=O) groups excluding carboxylic acids is 3. The predicted octanol–water partition coefficient (Wildman–Crippen LogP) is 8.32. The molecule has 0 saturated heterocycles. The van der Waals surface area contributed by atoms with Crippen LogP contribution in [0.2, 0.25) is 0 Å².